The molecule has 1 rings (SSSR count). The monoisotopic (exact) mass is 412 g/mol. The van der Waals surface area contributed by atoms with Crippen LogP contribution in [-0.4, -0.2) is 52.3 Å². The van der Waals surface area contributed by atoms with E-state index in [1.165, 1.54) is 0 Å². The van der Waals surface area contributed by atoms with E-state index < -0.39 is 10.0 Å². The van der Waals surface area contributed by atoms with E-state index in [-0.39, 0.29) is 23.5 Å². The summed E-state index contributed by atoms with van der Waals surface area (Å²) < 4.78 is 27.2. The van der Waals surface area contributed by atoms with Gasteiger partial charge in [0.25, 0.3) is 0 Å². The Bertz CT molecular complexity index is 699. The molecule has 4 N–H and O–H groups in total. The lowest BCUT2D eigenvalue weighted by molar-refractivity contribution is 0.175. The van der Waals surface area contributed by atoms with Crippen LogP contribution >= 0.6 is 0 Å². The second kappa shape index (κ2) is 12.0. The van der Waals surface area contributed by atoms with Gasteiger partial charge in [0.15, 0.2) is 5.96 Å². The van der Waals surface area contributed by atoms with Gasteiger partial charge in [0.2, 0.25) is 10.0 Å². The summed E-state index contributed by atoms with van der Waals surface area (Å²) in [6.45, 7) is 10.3. The third-order valence-corrected chi connectivity index (χ3v) is 6.58. The summed E-state index contributed by atoms with van der Waals surface area (Å²) in [5.41, 5.74) is 1.01. The molecule has 0 unspecified atom stereocenters. The Balaban J connectivity index is 2.62. The van der Waals surface area contributed by atoms with Gasteiger partial charge in [0.1, 0.15) is 0 Å². The van der Waals surface area contributed by atoms with Crippen LogP contribution in [0.1, 0.15) is 45.6 Å². The molecule has 7 nitrogen and oxygen atoms in total. The fourth-order valence-corrected chi connectivity index (χ4v) is 3.93. The third kappa shape index (κ3) is 7.77. The molecule has 0 aliphatic rings. The Morgan fingerprint density at radius 2 is 1.71 bits per heavy atom. The summed E-state index contributed by atoms with van der Waals surface area (Å²) in [7, 11) is -3.52. The number of hydrogen-bond acceptors (Lipinski definition) is 4. The highest BCUT2D eigenvalue weighted by atomic mass is 32.2. The molecule has 0 aliphatic heterocycles. The Labute approximate surface area is 170 Å². The number of hydrogen-bond donors (Lipinski definition) is 4. The molecule has 0 aromatic heterocycles. The first-order valence-electron chi connectivity index (χ1n) is 10.0. The lowest BCUT2D eigenvalue weighted by atomic mass is 9.79. The van der Waals surface area contributed by atoms with Crippen molar-refractivity contribution in [2.75, 3.05) is 32.8 Å². The van der Waals surface area contributed by atoms with E-state index in [0.717, 1.165) is 24.8 Å². The van der Waals surface area contributed by atoms with Gasteiger partial charge in [-0.3, -0.25) is 4.99 Å². The van der Waals surface area contributed by atoms with Crippen LogP contribution in [0, 0.1) is 12.3 Å². The number of nitrogens with one attached hydrogen (secondary N) is 3. The molecule has 1 aromatic carbocycles. The zero-order chi connectivity index (χ0) is 21.0. The molecule has 28 heavy (non-hydrogen) atoms. The van der Waals surface area contributed by atoms with Crippen LogP contribution in [0.25, 0.3) is 0 Å². The van der Waals surface area contributed by atoms with Crippen molar-refractivity contribution in [1.82, 2.24) is 15.4 Å². The smallest absolute Gasteiger partial charge is 0.240 e. The highest BCUT2D eigenvalue weighted by Gasteiger charge is 2.25. The molecular formula is C20H36N4O3S. The van der Waals surface area contributed by atoms with Crippen molar-refractivity contribution >= 4 is 16.0 Å². The van der Waals surface area contributed by atoms with Gasteiger partial charge in [-0.25, -0.2) is 13.1 Å². The molecule has 0 fully saturated rings. The Kier molecular flexibility index (Phi) is 10.5. The van der Waals surface area contributed by atoms with Crippen molar-refractivity contribution in [2.45, 2.75) is 51.9 Å². The number of aryl methyl sites for hydroxylation is 1. The number of aliphatic hydroxyl groups is 1. The first-order chi connectivity index (χ1) is 13.3. The van der Waals surface area contributed by atoms with Crippen molar-refractivity contribution in [3.63, 3.8) is 0 Å². The Hall–Kier alpha value is -1.64. The number of guanidine groups is 1. The summed E-state index contributed by atoms with van der Waals surface area (Å²) in [4.78, 5) is 4.92. The number of sulfonamides is 1. The van der Waals surface area contributed by atoms with Crippen LogP contribution in [0.2, 0.25) is 0 Å². The van der Waals surface area contributed by atoms with Crippen LogP contribution in [0.4, 0.5) is 0 Å². The summed E-state index contributed by atoms with van der Waals surface area (Å²) in [6.07, 6.45) is 2.62. The largest absolute Gasteiger partial charge is 0.396 e. The van der Waals surface area contributed by atoms with E-state index in [9.17, 15) is 13.5 Å². The first kappa shape index (κ1) is 24.4. The number of aliphatic hydroxyl groups excluding tert-OH is 1. The summed E-state index contributed by atoms with van der Waals surface area (Å²) in [5.74, 6) is 0.654. The second-order valence-electron chi connectivity index (χ2n) is 7.01. The van der Waals surface area contributed by atoms with Gasteiger partial charge in [0.05, 0.1) is 4.90 Å². The lowest BCUT2D eigenvalue weighted by Gasteiger charge is -2.29. The van der Waals surface area contributed by atoms with E-state index in [1.807, 2.05) is 13.8 Å². The average molecular weight is 413 g/mol. The molecule has 0 saturated heterocycles. The van der Waals surface area contributed by atoms with Crippen molar-refractivity contribution in [1.29, 1.82) is 0 Å². The number of rotatable bonds is 12. The SMILES string of the molecule is CCNC(=NCC(CC)(CC)CCO)NCCNS(=O)(=O)c1ccc(C)cc1. The number of benzene rings is 1. The molecule has 0 radical (unpaired) electrons. The molecule has 1 aromatic rings. The maximum absolute atomic E-state index is 12.3. The highest BCUT2D eigenvalue weighted by molar-refractivity contribution is 7.89. The normalized spacial score (nSPS) is 12.8. The minimum Gasteiger partial charge on any atom is -0.396 e. The molecule has 0 spiro atoms. The van der Waals surface area contributed by atoms with E-state index in [4.69, 9.17) is 0 Å². The van der Waals surface area contributed by atoms with Crippen molar-refractivity contribution in [3.8, 4) is 0 Å². The maximum atomic E-state index is 12.3. The molecule has 8 heteroatoms. The summed E-state index contributed by atoms with van der Waals surface area (Å²) in [5, 5.41) is 15.7. The van der Waals surface area contributed by atoms with E-state index in [2.05, 4.69) is 34.2 Å². The van der Waals surface area contributed by atoms with Crippen LogP contribution in [0.3, 0.4) is 0 Å². The molecule has 0 heterocycles. The summed E-state index contributed by atoms with van der Waals surface area (Å²) >= 11 is 0. The average Bonchev–Trinajstić information content (AvgIpc) is 2.68. The first-order valence-corrected chi connectivity index (χ1v) is 11.5. The predicted molar refractivity (Wildman–Crippen MR) is 115 cm³/mol. The molecule has 0 amide bonds. The molecule has 0 saturated carbocycles. The molecular weight excluding hydrogens is 376 g/mol. The van der Waals surface area contributed by atoms with E-state index in [1.54, 1.807) is 24.3 Å². The van der Waals surface area contributed by atoms with Crippen molar-refractivity contribution in [3.05, 3.63) is 29.8 Å². The second-order valence-corrected chi connectivity index (χ2v) is 8.78. The predicted octanol–water partition coefficient (Wildman–Crippen LogP) is 2.02. The van der Waals surface area contributed by atoms with Gasteiger partial charge in [-0.1, -0.05) is 31.5 Å². The minimum atomic E-state index is -3.52. The molecule has 0 bridgehead atoms. The van der Waals surface area contributed by atoms with Crippen LogP contribution in [0.15, 0.2) is 34.2 Å². The topological polar surface area (TPSA) is 103 Å². The molecule has 0 atom stereocenters. The zero-order valence-electron chi connectivity index (χ0n) is 17.6. The number of aliphatic imine (C=N–C) groups is 1. The van der Waals surface area contributed by atoms with Gasteiger partial charge in [-0.15, -0.1) is 0 Å². The minimum absolute atomic E-state index is 0.00979. The third-order valence-electron chi connectivity index (χ3n) is 5.10. The highest BCUT2D eigenvalue weighted by Crippen LogP contribution is 2.30. The Morgan fingerprint density at radius 1 is 1.07 bits per heavy atom. The maximum Gasteiger partial charge on any atom is 0.240 e. The molecule has 0 aliphatic carbocycles. The van der Waals surface area contributed by atoms with Crippen LogP contribution in [0.5, 0.6) is 0 Å². The lowest BCUT2D eigenvalue weighted by Crippen LogP contribution is -2.42. The standard InChI is InChI=1S/C20H36N4O3S/c1-5-20(6-2,12-15-25)16-23-19(21-7-3)22-13-14-24-28(26,27)18-10-8-17(4)9-11-18/h8-11,24-25H,5-7,12-16H2,1-4H3,(H2,21,22,23). The zero-order valence-corrected chi connectivity index (χ0v) is 18.4. The fraction of sp³-hybridized carbons (Fsp3) is 0.650. The Morgan fingerprint density at radius 3 is 2.25 bits per heavy atom. The van der Waals surface area contributed by atoms with Gasteiger partial charge >= 0.3 is 0 Å². The van der Waals surface area contributed by atoms with Crippen LogP contribution < -0.4 is 15.4 Å². The van der Waals surface area contributed by atoms with E-state index in [0.29, 0.717) is 25.6 Å². The van der Waals surface area contributed by atoms with E-state index >= 15 is 0 Å². The number of nitrogens with zero attached hydrogens (tertiary/aromatic N) is 1. The fourth-order valence-electron chi connectivity index (χ4n) is 2.90. The summed E-state index contributed by atoms with van der Waals surface area (Å²) in [6, 6.07) is 6.77. The van der Waals surface area contributed by atoms with Crippen molar-refractivity contribution in [2.24, 2.45) is 10.4 Å². The van der Waals surface area contributed by atoms with Crippen LogP contribution in [-0.2, 0) is 10.0 Å². The van der Waals surface area contributed by atoms with Gasteiger partial charge in [-0.2, -0.15) is 0 Å². The van der Waals surface area contributed by atoms with Crippen molar-refractivity contribution < 1.29 is 13.5 Å². The molecule has 160 valence electrons. The van der Waals surface area contributed by atoms with Gasteiger partial charge in [0, 0.05) is 32.8 Å². The quantitative estimate of drug-likeness (QED) is 0.239. The van der Waals surface area contributed by atoms with Gasteiger partial charge < -0.3 is 15.7 Å². The van der Waals surface area contributed by atoms with Gasteiger partial charge in [-0.05, 0) is 50.7 Å².